The Balaban J connectivity index is 1.68. The molecule has 1 aliphatic carbocycles. The third kappa shape index (κ3) is 8.09. The Hall–Kier alpha value is -4.38. The van der Waals surface area contributed by atoms with Crippen LogP contribution in [0.2, 0.25) is 20.1 Å². The van der Waals surface area contributed by atoms with Crippen molar-refractivity contribution in [2.45, 2.75) is 17.7 Å². The number of para-hydroxylation sites is 2. The van der Waals surface area contributed by atoms with Crippen LogP contribution in [0.3, 0.4) is 0 Å². The molecular formula is C37H26Cl4N4O3S. The Kier molecular flexibility index (Phi) is 11.6. The molecule has 0 N–H and O–H groups in total. The highest BCUT2D eigenvalue weighted by atomic mass is 35.5. The zero-order chi connectivity index (χ0) is 35.1. The van der Waals surface area contributed by atoms with Gasteiger partial charge < -0.3 is 9.45 Å². The maximum absolute atomic E-state index is 12.5. The summed E-state index contributed by atoms with van der Waals surface area (Å²) in [6.07, 6.45) is 7.65. The maximum atomic E-state index is 12.5. The molecule has 12 heteroatoms. The molecule has 0 spiro atoms. The minimum Gasteiger partial charge on any atom is -0.744 e. The van der Waals surface area contributed by atoms with Crippen LogP contribution in [-0.2, 0) is 10.1 Å². The second-order valence-corrected chi connectivity index (χ2v) is 13.7. The van der Waals surface area contributed by atoms with Crippen LogP contribution >= 0.6 is 46.4 Å². The molecule has 4 aromatic rings. The van der Waals surface area contributed by atoms with Crippen molar-refractivity contribution in [3.8, 4) is 12.1 Å². The molecule has 0 heterocycles. The minimum atomic E-state index is -4.86. The second kappa shape index (κ2) is 15.9. The summed E-state index contributed by atoms with van der Waals surface area (Å²) in [4.78, 5) is 1.48. The zero-order valence-electron chi connectivity index (χ0n) is 25.7. The summed E-state index contributed by atoms with van der Waals surface area (Å²) in [5.74, 6) is 0. The van der Waals surface area contributed by atoms with Crippen molar-refractivity contribution < 1.29 is 17.5 Å². The summed E-state index contributed by atoms with van der Waals surface area (Å²) in [5, 5.41) is 20.4. The second-order valence-electron chi connectivity index (χ2n) is 10.7. The number of hydrogen-bond acceptors (Lipinski definition) is 6. The van der Waals surface area contributed by atoms with E-state index in [9.17, 15) is 23.5 Å². The van der Waals surface area contributed by atoms with Crippen molar-refractivity contribution in [2.75, 3.05) is 18.0 Å². The summed E-state index contributed by atoms with van der Waals surface area (Å²) >= 11 is 26.2. The number of halogens is 4. The molecule has 0 bridgehead atoms. The molecule has 7 nitrogen and oxygen atoms in total. The lowest BCUT2D eigenvalue weighted by Crippen LogP contribution is -2.19. The van der Waals surface area contributed by atoms with Gasteiger partial charge in [0.1, 0.15) is 20.2 Å². The molecular weight excluding hydrogens is 722 g/mol. The van der Waals surface area contributed by atoms with E-state index >= 15 is 0 Å². The number of nitriles is 2. The van der Waals surface area contributed by atoms with Crippen molar-refractivity contribution in [3.63, 3.8) is 0 Å². The van der Waals surface area contributed by atoms with Crippen LogP contribution in [0.4, 0.5) is 17.1 Å². The Labute approximate surface area is 305 Å². The van der Waals surface area contributed by atoms with Crippen LogP contribution in [0.25, 0.3) is 5.57 Å². The molecule has 0 aromatic heterocycles. The van der Waals surface area contributed by atoms with Gasteiger partial charge in [-0.3, -0.25) is 0 Å². The van der Waals surface area contributed by atoms with Crippen molar-refractivity contribution in [1.82, 2.24) is 0 Å². The molecule has 0 amide bonds. The number of nitrogens with zero attached hydrogens (tertiary/aromatic N) is 4. The van der Waals surface area contributed by atoms with E-state index < -0.39 is 10.1 Å². The number of hydrogen-bond donors (Lipinski definition) is 0. The van der Waals surface area contributed by atoms with Gasteiger partial charge in [-0.1, -0.05) is 88.9 Å². The summed E-state index contributed by atoms with van der Waals surface area (Å²) < 4.78 is 39.2. The van der Waals surface area contributed by atoms with E-state index in [4.69, 9.17) is 46.4 Å². The van der Waals surface area contributed by atoms with Crippen LogP contribution in [0.15, 0.2) is 120 Å². The quantitative estimate of drug-likeness (QED) is 0.118. The maximum Gasteiger partial charge on any atom is 0.243 e. The lowest BCUT2D eigenvalue weighted by molar-refractivity contribution is -0.437. The van der Waals surface area contributed by atoms with Gasteiger partial charge in [-0.05, 0) is 71.3 Å². The van der Waals surface area contributed by atoms with Gasteiger partial charge in [0, 0.05) is 29.9 Å². The minimum absolute atomic E-state index is 0.201. The van der Waals surface area contributed by atoms with Crippen molar-refractivity contribution in [2.24, 2.45) is 0 Å². The molecule has 0 atom stereocenters. The van der Waals surface area contributed by atoms with Gasteiger partial charge in [-0.15, -0.1) is 0 Å². The smallest absolute Gasteiger partial charge is 0.243 e. The molecule has 0 saturated carbocycles. The van der Waals surface area contributed by atoms with Crippen molar-refractivity contribution >= 4 is 84.9 Å². The Morgan fingerprint density at radius 1 is 0.735 bits per heavy atom. The first-order valence-electron chi connectivity index (χ1n) is 14.8. The Bertz CT molecular complexity index is 2170. The van der Waals surface area contributed by atoms with E-state index in [0.717, 1.165) is 0 Å². The van der Waals surface area contributed by atoms with Crippen molar-refractivity contribution in [3.05, 3.63) is 146 Å². The summed E-state index contributed by atoms with van der Waals surface area (Å²) in [6.45, 7) is 0.624. The van der Waals surface area contributed by atoms with Crippen molar-refractivity contribution in [1.29, 1.82) is 10.5 Å². The Morgan fingerprint density at radius 2 is 1.31 bits per heavy atom. The first-order chi connectivity index (χ1) is 23.5. The lowest BCUT2D eigenvalue weighted by Gasteiger charge is -2.26. The molecule has 0 unspecified atom stereocenters. The van der Waals surface area contributed by atoms with E-state index in [1.54, 1.807) is 72.8 Å². The zero-order valence-corrected chi connectivity index (χ0v) is 29.5. The molecule has 246 valence electrons. The van der Waals surface area contributed by atoms with E-state index in [-0.39, 0.29) is 23.3 Å². The van der Waals surface area contributed by atoms with E-state index in [1.807, 2.05) is 33.8 Å². The number of rotatable bonds is 10. The van der Waals surface area contributed by atoms with E-state index in [0.29, 0.717) is 72.7 Å². The molecule has 0 radical (unpaired) electrons. The first-order valence-corrected chi connectivity index (χ1v) is 17.8. The largest absolute Gasteiger partial charge is 0.744 e. The Morgan fingerprint density at radius 3 is 1.88 bits per heavy atom. The average molecular weight is 749 g/mol. The number of allylic oxidation sites excluding steroid dienone is 5. The fourth-order valence-corrected chi connectivity index (χ4v) is 7.43. The molecule has 5 rings (SSSR count). The van der Waals surface area contributed by atoms with Gasteiger partial charge >= 0.3 is 0 Å². The highest BCUT2D eigenvalue weighted by Crippen LogP contribution is 2.40. The molecule has 0 saturated heterocycles. The van der Waals surface area contributed by atoms with Crippen LogP contribution < -0.4 is 4.90 Å². The first kappa shape index (κ1) is 35.9. The van der Waals surface area contributed by atoms with Gasteiger partial charge in [-0.2, -0.15) is 15.1 Å². The van der Waals surface area contributed by atoms with Gasteiger partial charge in [0.15, 0.2) is 6.54 Å². The molecule has 49 heavy (non-hydrogen) atoms. The predicted octanol–water partition coefficient (Wildman–Crippen LogP) is 9.88. The van der Waals surface area contributed by atoms with Gasteiger partial charge in [0.25, 0.3) is 0 Å². The third-order valence-corrected chi connectivity index (χ3v) is 9.79. The van der Waals surface area contributed by atoms with Crippen LogP contribution in [0.1, 0.15) is 24.0 Å². The van der Waals surface area contributed by atoms with Gasteiger partial charge in [-0.25, -0.2) is 8.42 Å². The average Bonchev–Trinajstić information content (AvgIpc) is 3.08. The fourth-order valence-electron chi connectivity index (χ4n) is 5.54. The van der Waals surface area contributed by atoms with Gasteiger partial charge in [0.2, 0.25) is 11.4 Å². The normalized spacial score (nSPS) is 12.4. The molecule has 0 fully saturated rings. The SMILES string of the molecule is N#CCCN(c1ccc(C(=C2C=CC(=[N+](CCC#N)c3c(Cl)cccc3Cl)C=C2)c2ccccc2S(=O)(=O)[O-])cc1)c1c(Cl)cccc1Cl. The van der Waals surface area contributed by atoms with Crippen LogP contribution in [-0.4, -0.2) is 36.3 Å². The van der Waals surface area contributed by atoms with E-state index in [1.165, 1.54) is 12.1 Å². The van der Waals surface area contributed by atoms with Crippen LogP contribution in [0.5, 0.6) is 0 Å². The van der Waals surface area contributed by atoms with Crippen LogP contribution in [0, 0.1) is 22.7 Å². The summed E-state index contributed by atoms with van der Waals surface area (Å²) in [7, 11) is -4.86. The monoisotopic (exact) mass is 746 g/mol. The standard InChI is InChI=1S/C37H26Cl4N4O3S/c38-30-8-3-9-31(39)36(30)44(23-5-21-42)27-17-13-25(14-18-27)35(29-7-1-2-12-34(29)49(46,47)48)26-15-19-28(20-16-26)45(24-6-22-43)37-32(40)10-4-11-33(37)41/h1-4,7-20H,5-6,23-24H2. The molecule has 1 aliphatic rings. The predicted molar refractivity (Wildman–Crippen MR) is 195 cm³/mol. The molecule has 4 aromatic carbocycles. The topological polar surface area (TPSA) is 111 Å². The summed E-state index contributed by atoms with van der Waals surface area (Å²) in [5.41, 5.74) is 4.45. The van der Waals surface area contributed by atoms with Gasteiger partial charge in [0.05, 0.1) is 45.6 Å². The fraction of sp³-hybridized carbons (Fsp3) is 0.108. The third-order valence-electron chi connectivity index (χ3n) is 7.67. The number of anilines is 2. The highest BCUT2D eigenvalue weighted by Gasteiger charge is 2.24. The summed E-state index contributed by atoms with van der Waals surface area (Å²) in [6, 6.07) is 27.9. The number of benzene rings is 4. The highest BCUT2D eigenvalue weighted by molar-refractivity contribution is 7.85. The lowest BCUT2D eigenvalue weighted by atomic mass is 9.90. The molecule has 0 aliphatic heterocycles. The van der Waals surface area contributed by atoms with E-state index in [2.05, 4.69) is 12.1 Å².